The molecule has 2 aromatic rings. The van der Waals surface area contributed by atoms with Gasteiger partial charge in [-0.15, -0.1) is 11.3 Å². The van der Waals surface area contributed by atoms with E-state index in [1.807, 2.05) is 22.9 Å². The predicted molar refractivity (Wildman–Crippen MR) is 112 cm³/mol. The van der Waals surface area contributed by atoms with Crippen molar-refractivity contribution in [1.29, 1.82) is 0 Å². The van der Waals surface area contributed by atoms with E-state index in [2.05, 4.69) is 37.6 Å². The molecule has 1 aliphatic rings. The molecular weight excluding hydrogens is 358 g/mol. The number of thiazole rings is 1. The van der Waals surface area contributed by atoms with Crippen LogP contribution in [0, 0.1) is 5.92 Å². The molecule has 1 unspecified atom stereocenters. The smallest absolute Gasteiger partial charge is 0.206 e. The Hall–Kier alpha value is -2.34. The molecule has 0 saturated heterocycles. The second-order valence-corrected chi connectivity index (χ2v) is 7.65. The number of ether oxygens (including phenoxy) is 2. The van der Waals surface area contributed by atoms with Crippen molar-refractivity contribution in [3.63, 3.8) is 0 Å². The van der Waals surface area contributed by atoms with E-state index >= 15 is 0 Å². The molecule has 0 aliphatic heterocycles. The lowest BCUT2D eigenvalue weighted by molar-refractivity contribution is 0.404. The first-order valence-electron chi connectivity index (χ1n) is 9.28. The van der Waals surface area contributed by atoms with Gasteiger partial charge in [0.1, 0.15) is 11.5 Å². The number of allylic oxidation sites excluding steroid dienone is 2. The quantitative estimate of drug-likeness (QED) is 0.533. The second kappa shape index (κ2) is 9.04. The lowest BCUT2D eigenvalue weighted by Crippen LogP contribution is -2.16. The van der Waals surface area contributed by atoms with Crippen LogP contribution in [0.1, 0.15) is 33.1 Å². The minimum atomic E-state index is 0.197. The van der Waals surface area contributed by atoms with E-state index < -0.39 is 0 Å². The highest BCUT2D eigenvalue weighted by atomic mass is 32.1. The van der Waals surface area contributed by atoms with Crippen LogP contribution in [0.4, 0.5) is 0 Å². The Balaban J connectivity index is 2.09. The third kappa shape index (κ3) is 4.69. The van der Waals surface area contributed by atoms with Gasteiger partial charge in [0, 0.05) is 23.2 Å². The summed E-state index contributed by atoms with van der Waals surface area (Å²) in [5.74, 6) is 2.04. The summed E-state index contributed by atoms with van der Waals surface area (Å²) in [7, 11) is 3.35. The van der Waals surface area contributed by atoms with Gasteiger partial charge in [-0.2, -0.15) is 5.10 Å². The lowest BCUT2D eigenvalue weighted by Gasteiger charge is -2.13. The van der Waals surface area contributed by atoms with Gasteiger partial charge in [-0.05, 0) is 57.2 Å². The van der Waals surface area contributed by atoms with Crippen molar-refractivity contribution in [1.82, 2.24) is 4.68 Å². The molecule has 0 amide bonds. The van der Waals surface area contributed by atoms with E-state index in [9.17, 15) is 0 Å². The number of benzene rings is 1. The molecule has 27 heavy (non-hydrogen) atoms. The fraction of sp³-hybridized carbons (Fsp3) is 0.429. The van der Waals surface area contributed by atoms with E-state index in [1.165, 1.54) is 0 Å². The fourth-order valence-electron chi connectivity index (χ4n) is 3.03. The van der Waals surface area contributed by atoms with Gasteiger partial charge < -0.3 is 9.47 Å². The Morgan fingerprint density at radius 3 is 2.74 bits per heavy atom. The number of hydrogen-bond donors (Lipinski definition) is 0. The molecule has 0 fully saturated rings. The summed E-state index contributed by atoms with van der Waals surface area (Å²) in [6.45, 7) is 4.15. The van der Waals surface area contributed by atoms with Crippen LogP contribution < -0.4 is 14.3 Å². The average molecular weight is 386 g/mol. The van der Waals surface area contributed by atoms with Crippen molar-refractivity contribution in [2.75, 3.05) is 14.2 Å². The normalized spacial score (nSPS) is 17.8. The third-order valence-electron chi connectivity index (χ3n) is 4.44. The summed E-state index contributed by atoms with van der Waals surface area (Å²) >= 11 is 1.59. The summed E-state index contributed by atoms with van der Waals surface area (Å²) in [4.78, 5) is 5.63. The highest BCUT2D eigenvalue weighted by Crippen LogP contribution is 2.33. The van der Waals surface area contributed by atoms with Gasteiger partial charge in [0.05, 0.1) is 19.9 Å². The van der Waals surface area contributed by atoms with Gasteiger partial charge in [0.2, 0.25) is 4.80 Å². The molecule has 5 nitrogen and oxygen atoms in total. The minimum Gasteiger partial charge on any atom is -0.497 e. The lowest BCUT2D eigenvalue weighted by atomic mass is 9.96. The molecule has 1 heterocycles. The molecule has 1 aliphatic carbocycles. The zero-order valence-corrected chi connectivity index (χ0v) is 17.2. The minimum absolute atomic E-state index is 0.197. The average Bonchev–Trinajstić information content (AvgIpc) is 3.08. The first-order valence-corrected chi connectivity index (χ1v) is 10.2. The third-order valence-corrected chi connectivity index (χ3v) is 5.27. The van der Waals surface area contributed by atoms with Gasteiger partial charge in [-0.1, -0.05) is 12.2 Å². The molecule has 1 aromatic heterocycles. The van der Waals surface area contributed by atoms with Crippen molar-refractivity contribution in [3.05, 3.63) is 40.5 Å². The second-order valence-electron chi connectivity index (χ2n) is 6.81. The Kier molecular flexibility index (Phi) is 6.50. The molecule has 1 aromatic carbocycles. The Morgan fingerprint density at radius 2 is 2.07 bits per heavy atom. The van der Waals surface area contributed by atoms with E-state index in [-0.39, 0.29) is 6.04 Å². The first kappa shape index (κ1) is 19.4. The summed E-state index contributed by atoms with van der Waals surface area (Å²) in [5.41, 5.74) is 1.90. The maximum atomic E-state index is 5.58. The van der Waals surface area contributed by atoms with Crippen molar-refractivity contribution >= 4 is 17.6 Å². The van der Waals surface area contributed by atoms with Crippen LogP contribution in [0.3, 0.4) is 0 Å². The number of methoxy groups -OCH3 is 2. The molecule has 0 spiro atoms. The van der Waals surface area contributed by atoms with E-state index in [0.717, 1.165) is 46.8 Å². The largest absolute Gasteiger partial charge is 0.497 e. The summed E-state index contributed by atoms with van der Waals surface area (Å²) < 4.78 is 12.9. The molecule has 0 bridgehead atoms. The molecule has 0 saturated carbocycles. The van der Waals surface area contributed by atoms with E-state index in [4.69, 9.17) is 19.6 Å². The highest BCUT2D eigenvalue weighted by molar-refractivity contribution is 7.07. The van der Waals surface area contributed by atoms with Gasteiger partial charge in [0.15, 0.2) is 0 Å². The van der Waals surface area contributed by atoms with Gasteiger partial charge in [-0.25, -0.2) is 4.68 Å². The molecule has 0 N–H and O–H groups in total. The van der Waals surface area contributed by atoms with Crippen LogP contribution in [0.15, 0.2) is 45.8 Å². The molecule has 144 valence electrons. The summed E-state index contributed by atoms with van der Waals surface area (Å²) in [6.07, 6.45) is 9.84. The van der Waals surface area contributed by atoms with Crippen LogP contribution in [0.25, 0.3) is 11.3 Å². The number of rotatable bonds is 6. The molecule has 6 heteroatoms. The monoisotopic (exact) mass is 385 g/mol. The van der Waals surface area contributed by atoms with Crippen molar-refractivity contribution < 1.29 is 9.47 Å². The van der Waals surface area contributed by atoms with Crippen molar-refractivity contribution in [2.45, 2.75) is 39.2 Å². The SMILES string of the molecule is COc1ccc(OC)c(-c2csc(=NC(C)C)n2N=CC2CC=CCC2)c1. The summed E-state index contributed by atoms with van der Waals surface area (Å²) in [6, 6.07) is 6.00. The fourth-order valence-corrected chi connectivity index (χ4v) is 4.00. The van der Waals surface area contributed by atoms with Crippen LogP contribution in [-0.2, 0) is 0 Å². The van der Waals surface area contributed by atoms with Gasteiger partial charge in [0.25, 0.3) is 0 Å². The Labute approximate surface area is 164 Å². The maximum Gasteiger partial charge on any atom is 0.206 e. The number of nitrogens with zero attached hydrogens (tertiary/aromatic N) is 3. The standard InChI is InChI=1S/C21H27N3O2S/c1-15(2)23-21-24(22-13-16-8-6-5-7-9-16)19(14-27-21)18-12-17(25-3)10-11-20(18)26-4/h5-6,10-16H,7-9H2,1-4H3. The first-order chi connectivity index (χ1) is 13.1. The highest BCUT2D eigenvalue weighted by Gasteiger charge is 2.15. The molecular formula is C21H27N3O2S. The molecule has 0 radical (unpaired) electrons. The molecule has 1 atom stereocenters. The predicted octanol–water partition coefficient (Wildman–Crippen LogP) is 4.73. The Morgan fingerprint density at radius 1 is 1.22 bits per heavy atom. The zero-order valence-electron chi connectivity index (χ0n) is 16.4. The van der Waals surface area contributed by atoms with Crippen molar-refractivity contribution in [2.24, 2.45) is 16.0 Å². The molecule has 3 rings (SSSR count). The maximum absolute atomic E-state index is 5.58. The topological polar surface area (TPSA) is 48.1 Å². The van der Waals surface area contributed by atoms with Crippen LogP contribution in [0.5, 0.6) is 11.5 Å². The number of aromatic nitrogens is 1. The van der Waals surface area contributed by atoms with E-state index in [0.29, 0.717) is 5.92 Å². The van der Waals surface area contributed by atoms with Crippen LogP contribution >= 0.6 is 11.3 Å². The van der Waals surface area contributed by atoms with Gasteiger partial charge >= 0.3 is 0 Å². The van der Waals surface area contributed by atoms with Gasteiger partial charge in [-0.3, -0.25) is 4.99 Å². The summed E-state index contributed by atoms with van der Waals surface area (Å²) in [5, 5.41) is 6.91. The van der Waals surface area contributed by atoms with E-state index in [1.54, 1.807) is 25.6 Å². The van der Waals surface area contributed by atoms with Crippen LogP contribution in [0.2, 0.25) is 0 Å². The van der Waals surface area contributed by atoms with Crippen molar-refractivity contribution in [3.8, 4) is 22.8 Å². The zero-order chi connectivity index (χ0) is 19.2. The number of hydrogen-bond acceptors (Lipinski definition) is 5. The Bertz CT molecular complexity index is 893. The van der Waals surface area contributed by atoms with Crippen LogP contribution in [-0.4, -0.2) is 31.2 Å².